The number of nitrogens with zero attached hydrogens (tertiary/aromatic N) is 4. The molecule has 20 heavy (non-hydrogen) atoms. The summed E-state index contributed by atoms with van der Waals surface area (Å²) < 4.78 is 1.79. The predicted octanol–water partition coefficient (Wildman–Crippen LogP) is 0.757. The lowest BCUT2D eigenvalue weighted by atomic mass is 10.2. The number of carbonyl (C=O) groups is 1. The van der Waals surface area contributed by atoms with Gasteiger partial charge in [-0.15, -0.1) is 0 Å². The van der Waals surface area contributed by atoms with Crippen LogP contribution in [-0.4, -0.2) is 32.5 Å². The Bertz CT molecular complexity index is 777. The summed E-state index contributed by atoms with van der Waals surface area (Å²) in [6.07, 6.45) is 3.22. The van der Waals surface area contributed by atoms with E-state index in [1.54, 1.807) is 36.3 Å². The minimum absolute atomic E-state index is 0.126. The van der Waals surface area contributed by atoms with Gasteiger partial charge in [-0.2, -0.15) is 4.98 Å². The van der Waals surface area contributed by atoms with Crippen LogP contribution in [0.3, 0.4) is 0 Å². The van der Waals surface area contributed by atoms with Crippen molar-refractivity contribution in [3.05, 3.63) is 42.4 Å². The third-order valence-corrected chi connectivity index (χ3v) is 2.94. The zero-order valence-corrected chi connectivity index (χ0v) is 10.7. The van der Waals surface area contributed by atoms with Crippen molar-refractivity contribution in [1.82, 2.24) is 24.8 Å². The summed E-state index contributed by atoms with van der Waals surface area (Å²) in [5.41, 5.74) is 8.33. The molecule has 1 amide bonds. The second-order valence-electron chi connectivity index (χ2n) is 4.18. The predicted molar refractivity (Wildman–Crippen MR) is 74.5 cm³/mol. The molecule has 3 aromatic rings. The van der Waals surface area contributed by atoms with Gasteiger partial charge in [-0.1, -0.05) is 0 Å². The molecule has 0 unspecified atom stereocenters. The highest BCUT2D eigenvalue weighted by molar-refractivity contribution is 5.94. The average Bonchev–Trinajstić information content (AvgIpc) is 2.89. The Balaban J connectivity index is 2.07. The number of carbonyl (C=O) groups excluding carboxylic acids is 1. The second-order valence-corrected chi connectivity index (χ2v) is 4.18. The number of amides is 1. The molecule has 7 heteroatoms. The van der Waals surface area contributed by atoms with Gasteiger partial charge in [0.2, 0.25) is 5.95 Å². The van der Waals surface area contributed by atoms with Crippen LogP contribution in [0.2, 0.25) is 0 Å². The zero-order chi connectivity index (χ0) is 14.1. The van der Waals surface area contributed by atoms with Crippen LogP contribution in [0, 0.1) is 0 Å². The van der Waals surface area contributed by atoms with Gasteiger partial charge in [0.25, 0.3) is 5.91 Å². The molecule has 0 aliphatic heterocycles. The number of nitrogen functional groups attached to an aromatic ring is 1. The number of anilines is 1. The minimum atomic E-state index is -0.126. The Labute approximate surface area is 114 Å². The van der Waals surface area contributed by atoms with E-state index in [-0.39, 0.29) is 11.9 Å². The summed E-state index contributed by atoms with van der Waals surface area (Å²) in [5, 5.41) is 2.58. The van der Waals surface area contributed by atoms with Crippen molar-refractivity contribution in [3.63, 3.8) is 0 Å². The van der Waals surface area contributed by atoms with Crippen LogP contribution in [0.25, 0.3) is 16.9 Å². The van der Waals surface area contributed by atoms with E-state index < -0.39 is 0 Å². The quantitative estimate of drug-likeness (QED) is 0.714. The number of rotatable bonds is 2. The molecule has 2 heterocycles. The van der Waals surface area contributed by atoms with Gasteiger partial charge in [-0.3, -0.25) is 9.36 Å². The molecule has 0 spiro atoms. The van der Waals surface area contributed by atoms with Crippen molar-refractivity contribution in [2.75, 3.05) is 12.8 Å². The number of nitrogens with one attached hydrogen (secondary N) is 1. The first-order valence-corrected chi connectivity index (χ1v) is 5.97. The molecule has 3 N–H and O–H groups in total. The van der Waals surface area contributed by atoms with Gasteiger partial charge in [0.1, 0.15) is 11.8 Å². The van der Waals surface area contributed by atoms with Gasteiger partial charge in [0.05, 0.1) is 6.20 Å². The van der Waals surface area contributed by atoms with Gasteiger partial charge in [-0.05, 0) is 24.3 Å². The number of hydrogen-bond donors (Lipinski definition) is 2. The maximum absolute atomic E-state index is 11.5. The lowest BCUT2D eigenvalue weighted by Crippen LogP contribution is -2.17. The van der Waals surface area contributed by atoms with Crippen molar-refractivity contribution >= 4 is 23.0 Å². The Morgan fingerprint density at radius 1 is 1.25 bits per heavy atom. The molecule has 0 aliphatic rings. The molecule has 0 radical (unpaired) electrons. The Morgan fingerprint density at radius 2 is 2.00 bits per heavy atom. The van der Waals surface area contributed by atoms with Crippen molar-refractivity contribution in [3.8, 4) is 5.69 Å². The lowest BCUT2D eigenvalue weighted by Gasteiger charge is -2.05. The Morgan fingerprint density at radius 3 is 2.70 bits per heavy atom. The lowest BCUT2D eigenvalue weighted by molar-refractivity contribution is 0.0963. The summed E-state index contributed by atoms with van der Waals surface area (Å²) in [7, 11) is 1.60. The van der Waals surface area contributed by atoms with Crippen molar-refractivity contribution in [2.45, 2.75) is 0 Å². The summed E-state index contributed by atoms with van der Waals surface area (Å²) in [6.45, 7) is 0. The van der Waals surface area contributed by atoms with Gasteiger partial charge >= 0.3 is 0 Å². The van der Waals surface area contributed by atoms with Gasteiger partial charge in [-0.25, -0.2) is 9.97 Å². The summed E-state index contributed by atoms with van der Waals surface area (Å²) in [4.78, 5) is 23.8. The largest absolute Gasteiger partial charge is 0.368 e. The first-order chi connectivity index (χ1) is 9.69. The standard InChI is InChI=1S/C13H12N6O/c1-15-12(20)8-2-4-9(5-3-8)19-7-17-10-6-16-13(14)18-11(10)19/h2-7H,1H3,(H,15,20)(H2,14,16,18). The van der Waals surface area contributed by atoms with Crippen LogP contribution in [0.1, 0.15) is 10.4 Å². The van der Waals surface area contributed by atoms with E-state index in [1.807, 2.05) is 12.1 Å². The van der Waals surface area contributed by atoms with E-state index in [2.05, 4.69) is 20.3 Å². The topological polar surface area (TPSA) is 98.7 Å². The second kappa shape index (κ2) is 4.61. The van der Waals surface area contributed by atoms with Crippen LogP contribution in [0.5, 0.6) is 0 Å². The van der Waals surface area contributed by atoms with Crippen LogP contribution in [0.4, 0.5) is 5.95 Å². The minimum Gasteiger partial charge on any atom is -0.368 e. The molecule has 0 saturated heterocycles. The SMILES string of the molecule is CNC(=O)c1ccc(-n2cnc3cnc(N)nc32)cc1. The van der Waals surface area contributed by atoms with Crippen molar-refractivity contribution < 1.29 is 4.79 Å². The summed E-state index contributed by atoms with van der Waals surface area (Å²) in [5.74, 6) is 0.0693. The maximum Gasteiger partial charge on any atom is 0.251 e. The fraction of sp³-hybridized carbons (Fsp3) is 0.0769. The van der Waals surface area contributed by atoms with E-state index in [0.717, 1.165) is 5.69 Å². The van der Waals surface area contributed by atoms with Crippen molar-refractivity contribution in [2.24, 2.45) is 0 Å². The fourth-order valence-electron chi connectivity index (χ4n) is 1.93. The summed E-state index contributed by atoms with van der Waals surface area (Å²) >= 11 is 0. The highest BCUT2D eigenvalue weighted by Gasteiger charge is 2.08. The number of aromatic nitrogens is 4. The highest BCUT2D eigenvalue weighted by Crippen LogP contribution is 2.16. The van der Waals surface area contributed by atoms with E-state index in [0.29, 0.717) is 16.7 Å². The molecule has 100 valence electrons. The Hall–Kier alpha value is -2.96. The summed E-state index contributed by atoms with van der Waals surface area (Å²) in [6, 6.07) is 7.13. The third-order valence-electron chi connectivity index (χ3n) is 2.94. The molecule has 7 nitrogen and oxygen atoms in total. The third kappa shape index (κ3) is 1.95. The van der Waals surface area contributed by atoms with Crippen LogP contribution < -0.4 is 11.1 Å². The van der Waals surface area contributed by atoms with Crippen LogP contribution in [-0.2, 0) is 0 Å². The smallest absolute Gasteiger partial charge is 0.251 e. The zero-order valence-electron chi connectivity index (χ0n) is 10.7. The molecule has 0 atom stereocenters. The molecular weight excluding hydrogens is 256 g/mol. The van der Waals surface area contributed by atoms with Crippen molar-refractivity contribution in [1.29, 1.82) is 0 Å². The van der Waals surface area contributed by atoms with Gasteiger partial charge < -0.3 is 11.1 Å². The number of hydrogen-bond acceptors (Lipinski definition) is 5. The van der Waals surface area contributed by atoms with E-state index in [1.165, 1.54) is 0 Å². The van der Waals surface area contributed by atoms with Crippen LogP contribution in [0.15, 0.2) is 36.8 Å². The molecule has 0 saturated carbocycles. The van der Waals surface area contributed by atoms with E-state index in [4.69, 9.17) is 5.73 Å². The maximum atomic E-state index is 11.5. The van der Waals surface area contributed by atoms with E-state index >= 15 is 0 Å². The fourth-order valence-corrected chi connectivity index (χ4v) is 1.93. The molecule has 0 fully saturated rings. The first-order valence-electron chi connectivity index (χ1n) is 5.97. The number of fused-ring (bicyclic) bond motifs is 1. The molecular formula is C13H12N6O. The first kappa shape index (κ1) is 12.1. The molecule has 2 aromatic heterocycles. The van der Waals surface area contributed by atoms with Gasteiger partial charge in [0.15, 0.2) is 5.65 Å². The van der Waals surface area contributed by atoms with Crippen LogP contribution >= 0.6 is 0 Å². The number of benzene rings is 1. The number of imidazole rings is 1. The Kier molecular flexibility index (Phi) is 2.79. The molecule has 1 aromatic carbocycles. The van der Waals surface area contributed by atoms with E-state index in [9.17, 15) is 4.79 Å². The monoisotopic (exact) mass is 268 g/mol. The number of nitrogens with two attached hydrogens (primary N) is 1. The highest BCUT2D eigenvalue weighted by atomic mass is 16.1. The molecule has 0 aliphatic carbocycles. The van der Waals surface area contributed by atoms with Gasteiger partial charge in [0, 0.05) is 18.3 Å². The molecule has 0 bridgehead atoms. The molecule has 3 rings (SSSR count). The average molecular weight is 268 g/mol. The normalized spacial score (nSPS) is 10.7.